The molecule has 331 valence electrons. The van der Waals surface area contributed by atoms with Gasteiger partial charge in [-0.25, -0.2) is 0 Å². The maximum Gasteiger partial charge on any atom is 0.121 e. The van der Waals surface area contributed by atoms with E-state index in [1.165, 1.54) is 104 Å². The number of furan rings is 2. The SMILES string of the molecule is C[Si](C)(C)c1cnc(-c2[c-]ccc3c2oc2ccccc23)cc1CC1CCCCC1.[Ir].[c-]1ccc2c(oc3cc(-c4ccccc4)ccc32)c1-c1cc(CC2CC3CCC2CC3)ccn1. The van der Waals surface area contributed by atoms with E-state index in [0.717, 1.165) is 90.1 Å². The largest absolute Gasteiger partial charge is 0.501 e. The first-order chi connectivity index (χ1) is 31.3. The fourth-order valence-corrected chi connectivity index (χ4v) is 13.2. The maximum absolute atomic E-state index is 6.46. The number of hydrogen-bond donors (Lipinski definition) is 0. The van der Waals surface area contributed by atoms with Gasteiger partial charge in [-0.2, -0.15) is 0 Å². The van der Waals surface area contributed by atoms with Crippen molar-refractivity contribution in [2.45, 2.75) is 96.7 Å². The van der Waals surface area contributed by atoms with Crippen molar-refractivity contribution < 1.29 is 28.9 Å². The molecule has 4 nitrogen and oxygen atoms in total. The molecule has 0 N–H and O–H groups in total. The van der Waals surface area contributed by atoms with E-state index >= 15 is 0 Å². The number of nitrogens with zero attached hydrogens (tertiary/aromatic N) is 2. The molecule has 4 aliphatic carbocycles. The van der Waals surface area contributed by atoms with E-state index in [1.807, 2.05) is 36.5 Å². The van der Waals surface area contributed by atoms with Crippen molar-refractivity contribution in [3.63, 3.8) is 0 Å². The van der Waals surface area contributed by atoms with Crippen LogP contribution in [-0.2, 0) is 32.9 Å². The Kier molecular flexibility index (Phi) is 12.5. The Labute approximate surface area is 398 Å². The molecule has 4 aromatic heterocycles. The second-order valence-electron chi connectivity index (χ2n) is 20.2. The molecule has 0 amide bonds. The number of rotatable bonds is 8. The van der Waals surface area contributed by atoms with Gasteiger partial charge in [0.1, 0.15) is 11.2 Å². The molecule has 6 heteroatoms. The van der Waals surface area contributed by atoms with Gasteiger partial charge < -0.3 is 18.8 Å². The van der Waals surface area contributed by atoms with E-state index in [0.29, 0.717) is 0 Å². The quantitative estimate of drug-likeness (QED) is 0.112. The van der Waals surface area contributed by atoms with E-state index in [1.54, 1.807) is 0 Å². The summed E-state index contributed by atoms with van der Waals surface area (Å²) in [5, 5.41) is 6.07. The normalized spacial score (nSPS) is 18.8. The van der Waals surface area contributed by atoms with Crippen LogP contribution in [0.15, 0.2) is 136 Å². The maximum atomic E-state index is 6.46. The van der Waals surface area contributed by atoms with Crippen molar-refractivity contribution in [3.8, 4) is 33.6 Å². The van der Waals surface area contributed by atoms with E-state index in [-0.39, 0.29) is 20.1 Å². The zero-order valence-corrected chi connectivity index (χ0v) is 41.4. The molecule has 2 bridgehead atoms. The Balaban J connectivity index is 0.000000152. The minimum Gasteiger partial charge on any atom is -0.501 e. The predicted molar refractivity (Wildman–Crippen MR) is 268 cm³/mol. The molecule has 0 spiro atoms. The summed E-state index contributed by atoms with van der Waals surface area (Å²) in [6, 6.07) is 47.1. The van der Waals surface area contributed by atoms with Crippen LogP contribution < -0.4 is 5.19 Å². The summed E-state index contributed by atoms with van der Waals surface area (Å²) in [6.45, 7) is 7.29. The van der Waals surface area contributed by atoms with Gasteiger partial charge in [0.05, 0.1) is 19.2 Å². The van der Waals surface area contributed by atoms with Gasteiger partial charge >= 0.3 is 0 Å². The minimum atomic E-state index is -1.46. The molecular formula is C59H58IrN2O2Si-2. The molecule has 13 rings (SSSR count). The molecule has 4 fully saturated rings. The monoisotopic (exact) mass is 1050 g/mol. The number of aromatic nitrogens is 2. The molecule has 1 unspecified atom stereocenters. The van der Waals surface area contributed by atoms with Crippen LogP contribution >= 0.6 is 0 Å². The third-order valence-corrected chi connectivity index (χ3v) is 17.0. The van der Waals surface area contributed by atoms with Gasteiger partial charge in [-0.3, -0.25) is 0 Å². The number of benzene rings is 5. The molecule has 9 aromatic rings. The van der Waals surface area contributed by atoms with E-state index < -0.39 is 8.07 Å². The van der Waals surface area contributed by atoms with Crippen LogP contribution in [0, 0.1) is 35.8 Å². The van der Waals surface area contributed by atoms with Gasteiger partial charge in [-0.15, -0.1) is 36.4 Å². The third-order valence-electron chi connectivity index (χ3n) is 14.9. The van der Waals surface area contributed by atoms with Crippen LogP contribution in [-0.4, -0.2) is 18.0 Å². The smallest absolute Gasteiger partial charge is 0.121 e. The van der Waals surface area contributed by atoms with Gasteiger partial charge in [-0.05, 0) is 102 Å². The Hall–Kier alpha value is -5.13. The summed E-state index contributed by atoms with van der Waals surface area (Å²) in [5.74, 6) is 3.54. The molecule has 5 aromatic carbocycles. The van der Waals surface area contributed by atoms with Crippen LogP contribution in [0.1, 0.15) is 75.3 Å². The van der Waals surface area contributed by atoms with Crippen molar-refractivity contribution in [2.75, 3.05) is 0 Å². The molecule has 1 atom stereocenters. The van der Waals surface area contributed by atoms with Crippen molar-refractivity contribution in [1.29, 1.82) is 0 Å². The Morgan fingerprint density at radius 1 is 0.600 bits per heavy atom. The second-order valence-corrected chi connectivity index (χ2v) is 25.2. The first-order valence-electron chi connectivity index (χ1n) is 24.0. The van der Waals surface area contributed by atoms with E-state index in [2.05, 4.69) is 123 Å². The van der Waals surface area contributed by atoms with Gasteiger partial charge in [0, 0.05) is 43.3 Å². The third kappa shape index (κ3) is 8.95. The van der Waals surface area contributed by atoms with Crippen molar-refractivity contribution in [1.82, 2.24) is 9.97 Å². The Bertz CT molecular complexity index is 3090. The minimum absolute atomic E-state index is 0. The zero-order chi connectivity index (χ0) is 43.2. The van der Waals surface area contributed by atoms with Gasteiger partial charge in [-0.1, -0.05) is 170 Å². The number of para-hydroxylation sites is 1. The Morgan fingerprint density at radius 2 is 1.28 bits per heavy atom. The molecule has 0 aliphatic heterocycles. The van der Waals surface area contributed by atoms with Crippen LogP contribution in [0.3, 0.4) is 0 Å². The van der Waals surface area contributed by atoms with E-state index in [9.17, 15) is 0 Å². The topological polar surface area (TPSA) is 52.1 Å². The van der Waals surface area contributed by atoms with Crippen LogP contribution in [0.2, 0.25) is 19.6 Å². The van der Waals surface area contributed by atoms with Crippen LogP contribution in [0.25, 0.3) is 77.5 Å². The van der Waals surface area contributed by atoms with Crippen molar-refractivity contribution in [2.24, 2.45) is 23.7 Å². The molecule has 65 heavy (non-hydrogen) atoms. The molecule has 4 aliphatic rings. The van der Waals surface area contributed by atoms with E-state index in [4.69, 9.17) is 18.8 Å². The summed E-state index contributed by atoms with van der Waals surface area (Å²) < 4.78 is 12.7. The number of hydrogen-bond acceptors (Lipinski definition) is 4. The number of pyridine rings is 2. The summed E-state index contributed by atoms with van der Waals surface area (Å²) in [4.78, 5) is 9.68. The Morgan fingerprint density at radius 3 is 1.98 bits per heavy atom. The summed E-state index contributed by atoms with van der Waals surface area (Å²) >= 11 is 0. The average molecular weight is 1050 g/mol. The fraction of sp³-hybridized carbons (Fsp3) is 0.322. The van der Waals surface area contributed by atoms with Crippen molar-refractivity contribution >= 4 is 57.1 Å². The van der Waals surface area contributed by atoms with Crippen LogP contribution in [0.4, 0.5) is 0 Å². The number of fused-ring (bicyclic) bond motifs is 9. The molecule has 4 heterocycles. The summed E-state index contributed by atoms with van der Waals surface area (Å²) in [7, 11) is -1.46. The average Bonchev–Trinajstić information content (AvgIpc) is 3.91. The van der Waals surface area contributed by atoms with Gasteiger partial charge in [0.15, 0.2) is 0 Å². The van der Waals surface area contributed by atoms with Crippen molar-refractivity contribution in [3.05, 3.63) is 151 Å². The summed E-state index contributed by atoms with van der Waals surface area (Å²) in [6.07, 6.45) is 20.6. The predicted octanol–water partition coefficient (Wildman–Crippen LogP) is 15.6. The molecule has 4 saturated carbocycles. The van der Waals surface area contributed by atoms with Gasteiger partial charge in [0.25, 0.3) is 0 Å². The molecule has 0 saturated heterocycles. The first-order valence-corrected chi connectivity index (χ1v) is 27.5. The summed E-state index contributed by atoms with van der Waals surface area (Å²) in [5.41, 5.74) is 12.8. The molecule has 1 radical (unpaired) electrons. The molecular weight excluding hydrogens is 989 g/mol. The van der Waals surface area contributed by atoms with Crippen LogP contribution in [0.5, 0.6) is 0 Å². The standard InChI is InChI=1S/C32H28NO.C27H30NOSi.Ir/c1-2-5-23(6-3-1)25-13-14-27-28-7-4-8-29(32(28)34-31(27)20-25)30-19-22(15-16-33-30)18-26-17-21-9-11-24(26)12-10-21;1-30(2,3)26-18-28-24(17-20(26)16-19-10-5-4-6-11-19)23-14-9-13-22-21-12-7-8-15-25(21)29-27(22)23;/h1-7,13-16,19-21,24,26H,9-12,17-18H2;7-9,12-13,15,17-19H,4-6,10-11,16H2,1-3H3;/q2*-1;. The zero-order valence-electron chi connectivity index (χ0n) is 38.0. The first kappa shape index (κ1) is 43.7. The second kappa shape index (κ2) is 18.6. The van der Waals surface area contributed by atoms with Gasteiger partial charge in [0.2, 0.25) is 0 Å². The fourth-order valence-electron chi connectivity index (χ4n) is 11.6.